The van der Waals surface area contributed by atoms with E-state index in [4.69, 9.17) is 0 Å². The van der Waals surface area contributed by atoms with Gasteiger partial charge >= 0.3 is 0 Å². The highest BCUT2D eigenvalue weighted by molar-refractivity contribution is 5.97. The van der Waals surface area contributed by atoms with Crippen LogP contribution in [-0.4, -0.2) is 11.7 Å². The van der Waals surface area contributed by atoms with Gasteiger partial charge in [0.1, 0.15) is 11.6 Å². The molecule has 90 valence electrons. The number of benzene rings is 1. The molecule has 1 aromatic carbocycles. The first-order valence-electron chi connectivity index (χ1n) is 5.59. The molecule has 2 rings (SSSR count). The molecule has 1 aliphatic carbocycles. The molecule has 0 aliphatic heterocycles. The van der Waals surface area contributed by atoms with Crippen molar-refractivity contribution in [2.45, 2.75) is 31.7 Å². The first-order valence-corrected chi connectivity index (χ1v) is 5.59. The molecule has 1 saturated carbocycles. The van der Waals surface area contributed by atoms with Crippen molar-refractivity contribution in [3.63, 3.8) is 0 Å². The third kappa shape index (κ3) is 2.52. The SMILES string of the molecule is CC(=O)CC(=O)NC1(c2ccccc2F)CC1. The van der Waals surface area contributed by atoms with E-state index >= 15 is 0 Å². The van der Waals surface area contributed by atoms with E-state index in [1.54, 1.807) is 18.2 Å². The van der Waals surface area contributed by atoms with Crippen LogP contribution in [0.2, 0.25) is 0 Å². The van der Waals surface area contributed by atoms with Crippen LogP contribution in [-0.2, 0) is 15.1 Å². The van der Waals surface area contributed by atoms with E-state index in [-0.39, 0.29) is 23.9 Å². The van der Waals surface area contributed by atoms with Gasteiger partial charge in [0, 0.05) is 5.56 Å². The van der Waals surface area contributed by atoms with Crippen molar-refractivity contribution in [1.82, 2.24) is 5.32 Å². The standard InChI is InChI=1S/C13H14FNO2/c1-9(16)8-12(17)15-13(6-7-13)10-4-2-3-5-11(10)14/h2-5H,6-8H2,1H3,(H,15,17). The van der Waals surface area contributed by atoms with Crippen molar-refractivity contribution < 1.29 is 14.0 Å². The second-order valence-corrected chi connectivity index (χ2v) is 4.49. The second kappa shape index (κ2) is 4.28. The van der Waals surface area contributed by atoms with Crippen LogP contribution in [0.1, 0.15) is 31.7 Å². The number of halogens is 1. The molecular formula is C13H14FNO2. The summed E-state index contributed by atoms with van der Waals surface area (Å²) < 4.78 is 13.6. The van der Waals surface area contributed by atoms with Gasteiger partial charge in [0.05, 0.1) is 12.0 Å². The van der Waals surface area contributed by atoms with Gasteiger partial charge in [-0.3, -0.25) is 9.59 Å². The molecule has 0 spiro atoms. The largest absolute Gasteiger partial charge is 0.346 e. The average molecular weight is 235 g/mol. The molecule has 0 heterocycles. The topological polar surface area (TPSA) is 46.2 Å². The molecule has 3 nitrogen and oxygen atoms in total. The third-order valence-corrected chi connectivity index (χ3v) is 2.93. The van der Waals surface area contributed by atoms with Gasteiger partial charge in [-0.15, -0.1) is 0 Å². The van der Waals surface area contributed by atoms with E-state index < -0.39 is 5.54 Å². The van der Waals surface area contributed by atoms with Crippen LogP contribution in [0, 0.1) is 5.82 Å². The summed E-state index contributed by atoms with van der Waals surface area (Å²) in [4.78, 5) is 22.4. The summed E-state index contributed by atoms with van der Waals surface area (Å²) in [6.45, 7) is 1.36. The Morgan fingerprint density at radius 1 is 1.35 bits per heavy atom. The predicted octanol–water partition coefficient (Wildman–Crippen LogP) is 1.91. The van der Waals surface area contributed by atoms with Crippen LogP contribution in [0.5, 0.6) is 0 Å². The van der Waals surface area contributed by atoms with Crippen LogP contribution < -0.4 is 5.32 Å². The zero-order valence-corrected chi connectivity index (χ0v) is 9.63. The van der Waals surface area contributed by atoms with Crippen LogP contribution >= 0.6 is 0 Å². The molecule has 0 radical (unpaired) electrons. The number of rotatable bonds is 4. The molecule has 0 aromatic heterocycles. The summed E-state index contributed by atoms with van der Waals surface area (Å²) in [6.07, 6.45) is 1.30. The van der Waals surface area contributed by atoms with Gasteiger partial charge in [-0.2, -0.15) is 0 Å². The monoisotopic (exact) mass is 235 g/mol. The Kier molecular flexibility index (Phi) is 2.96. The summed E-state index contributed by atoms with van der Waals surface area (Å²) in [5, 5.41) is 2.76. The maximum Gasteiger partial charge on any atom is 0.228 e. The molecule has 0 atom stereocenters. The second-order valence-electron chi connectivity index (χ2n) is 4.49. The molecule has 17 heavy (non-hydrogen) atoms. The number of ketones is 1. The molecule has 1 aliphatic rings. The lowest BCUT2D eigenvalue weighted by atomic mass is 10.0. The fourth-order valence-corrected chi connectivity index (χ4v) is 1.97. The number of carbonyl (C=O) groups excluding carboxylic acids is 2. The number of Topliss-reactive ketones (excluding diaryl/α,β-unsaturated/α-hetero) is 1. The lowest BCUT2D eigenvalue weighted by molar-refractivity contribution is -0.127. The van der Waals surface area contributed by atoms with Crippen LogP contribution in [0.4, 0.5) is 4.39 Å². The first-order chi connectivity index (χ1) is 8.03. The predicted molar refractivity (Wildman–Crippen MR) is 60.8 cm³/mol. The Bertz CT molecular complexity index is 466. The van der Waals surface area contributed by atoms with Crippen molar-refractivity contribution in [2.75, 3.05) is 0 Å². The lowest BCUT2D eigenvalue weighted by Gasteiger charge is -2.18. The van der Waals surface area contributed by atoms with E-state index in [1.165, 1.54) is 13.0 Å². The molecular weight excluding hydrogens is 221 g/mol. The Hall–Kier alpha value is -1.71. The minimum atomic E-state index is -0.585. The van der Waals surface area contributed by atoms with Crippen LogP contribution in [0.25, 0.3) is 0 Å². The third-order valence-electron chi connectivity index (χ3n) is 2.93. The van der Waals surface area contributed by atoms with Gasteiger partial charge in [0.15, 0.2) is 0 Å². The van der Waals surface area contributed by atoms with Crippen LogP contribution in [0.3, 0.4) is 0 Å². The summed E-state index contributed by atoms with van der Waals surface area (Å²) >= 11 is 0. The maximum absolute atomic E-state index is 13.6. The minimum absolute atomic E-state index is 0.143. The average Bonchev–Trinajstić information content (AvgIpc) is 2.97. The van der Waals surface area contributed by atoms with Crippen molar-refractivity contribution in [1.29, 1.82) is 0 Å². The van der Waals surface area contributed by atoms with E-state index in [2.05, 4.69) is 5.32 Å². The van der Waals surface area contributed by atoms with Gasteiger partial charge in [0.25, 0.3) is 0 Å². The maximum atomic E-state index is 13.6. The van der Waals surface area contributed by atoms with Gasteiger partial charge in [-0.05, 0) is 25.8 Å². The zero-order valence-electron chi connectivity index (χ0n) is 9.63. The molecule has 1 aromatic rings. The van der Waals surface area contributed by atoms with Crippen molar-refractivity contribution >= 4 is 11.7 Å². The van der Waals surface area contributed by atoms with Gasteiger partial charge in [-0.1, -0.05) is 18.2 Å². The molecule has 1 N–H and O–H groups in total. The number of hydrogen-bond acceptors (Lipinski definition) is 2. The Balaban J connectivity index is 2.13. The first kappa shape index (κ1) is 11.8. The highest BCUT2D eigenvalue weighted by atomic mass is 19.1. The lowest BCUT2D eigenvalue weighted by Crippen LogP contribution is -2.36. The number of amides is 1. The molecule has 4 heteroatoms. The van der Waals surface area contributed by atoms with E-state index in [0.29, 0.717) is 5.56 Å². The highest BCUT2D eigenvalue weighted by Crippen LogP contribution is 2.46. The summed E-state index contributed by atoms with van der Waals surface area (Å²) in [7, 11) is 0. The van der Waals surface area contributed by atoms with Crippen molar-refractivity contribution in [2.24, 2.45) is 0 Å². The van der Waals surface area contributed by atoms with E-state index in [0.717, 1.165) is 12.8 Å². The summed E-state index contributed by atoms with van der Waals surface area (Å²) in [5.41, 5.74) is -0.0744. The van der Waals surface area contributed by atoms with E-state index in [9.17, 15) is 14.0 Å². The fourth-order valence-electron chi connectivity index (χ4n) is 1.97. The quantitative estimate of drug-likeness (QED) is 0.810. The Morgan fingerprint density at radius 2 is 2.00 bits per heavy atom. The molecule has 0 bridgehead atoms. The molecule has 0 saturated heterocycles. The summed E-state index contributed by atoms with van der Waals surface area (Å²) in [5.74, 6) is -0.835. The Morgan fingerprint density at radius 3 is 2.53 bits per heavy atom. The fraction of sp³-hybridized carbons (Fsp3) is 0.385. The van der Waals surface area contributed by atoms with E-state index in [1.807, 2.05) is 0 Å². The molecule has 0 unspecified atom stereocenters. The number of hydrogen-bond donors (Lipinski definition) is 1. The van der Waals surface area contributed by atoms with Crippen molar-refractivity contribution in [3.05, 3.63) is 35.6 Å². The van der Waals surface area contributed by atoms with Gasteiger partial charge in [0.2, 0.25) is 5.91 Å². The minimum Gasteiger partial charge on any atom is -0.346 e. The molecule has 1 amide bonds. The molecule has 1 fully saturated rings. The van der Waals surface area contributed by atoms with Gasteiger partial charge in [-0.25, -0.2) is 4.39 Å². The van der Waals surface area contributed by atoms with Crippen LogP contribution in [0.15, 0.2) is 24.3 Å². The number of nitrogens with one attached hydrogen (secondary N) is 1. The highest BCUT2D eigenvalue weighted by Gasteiger charge is 2.47. The Labute approximate surface area is 99.0 Å². The van der Waals surface area contributed by atoms with Gasteiger partial charge < -0.3 is 5.32 Å². The smallest absolute Gasteiger partial charge is 0.228 e. The summed E-state index contributed by atoms with van der Waals surface area (Å²) in [6, 6.07) is 6.42. The van der Waals surface area contributed by atoms with Crippen molar-refractivity contribution in [3.8, 4) is 0 Å². The normalized spacial score (nSPS) is 16.4. The zero-order chi connectivity index (χ0) is 12.5. The number of carbonyl (C=O) groups is 2.